The average Bonchev–Trinajstić information content (AvgIpc) is 3.18. The Morgan fingerprint density at radius 1 is 1.24 bits per heavy atom. The Morgan fingerprint density at radius 2 is 1.88 bits per heavy atom. The lowest BCUT2D eigenvalue weighted by molar-refractivity contribution is -0.121. The van der Waals surface area contributed by atoms with Gasteiger partial charge in [-0.15, -0.1) is 0 Å². The Kier molecular flexibility index (Phi) is 4.18. The van der Waals surface area contributed by atoms with E-state index in [1.807, 2.05) is 0 Å². The van der Waals surface area contributed by atoms with Crippen LogP contribution in [0.1, 0.15) is 37.3 Å². The highest BCUT2D eigenvalue weighted by Crippen LogP contribution is 2.27. The summed E-state index contributed by atoms with van der Waals surface area (Å²) in [6.45, 7) is 3.04. The monoisotopic (exact) mass is 231 g/mol. The van der Waals surface area contributed by atoms with E-state index in [0.29, 0.717) is 6.42 Å². The van der Waals surface area contributed by atoms with E-state index in [0.717, 1.165) is 25.3 Å². The summed E-state index contributed by atoms with van der Waals surface area (Å²) in [4.78, 5) is 11.6. The summed E-state index contributed by atoms with van der Waals surface area (Å²) >= 11 is 0. The van der Waals surface area contributed by atoms with Crippen molar-refractivity contribution >= 4 is 5.91 Å². The molecule has 2 nitrogen and oxygen atoms in total. The number of rotatable bonds is 6. The molecular weight excluding hydrogens is 210 g/mol. The summed E-state index contributed by atoms with van der Waals surface area (Å²) in [6, 6.07) is 8.56. The first-order valence-corrected chi connectivity index (χ1v) is 6.62. The lowest BCUT2D eigenvalue weighted by Crippen LogP contribution is -2.25. The number of amides is 1. The molecule has 1 amide bonds. The zero-order chi connectivity index (χ0) is 12.1. The Bertz CT molecular complexity index is 365. The van der Waals surface area contributed by atoms with Crippen molar-refractivity contribution in [2.75, 3.05) is 6.54 Å². The third kappa shape index (κ3) is 4.22. The van der Waals surface area contributed by atoms with Crippen LogP contribution in [0.25, 0.3) is 0 Å². The molecule has 0 bridgehead atoms. The molecule has 1 aromatic carbocycles. The van der Waals surface area contributed by atoms with E-state index in [9.17, 15) is 4.79 Å². The quantitative estimate of drug-likeness (QED) is 0.801. The van der Waals surface area contributed by atoms with Crippen LogP contribution in [-0.2, 0) is 17.6 Å². The zero-order valence-corrected chi connectivity index (χ0v) is 10.5. The van der Waals surface area contributed by atoms with Gasteiger partial charge >= 0.3 is 0 Å². The van der Waals surface area contributed by atoms with Crippen molar-refractivity contribution in [1.82, 2.24) is 5.32 Å². The molecule has 0 heterocycles. The van der Waals surface area contributed by atoms with Gasteiger partial charge in [-0.25, -0.2) is 0 Å². The molecular formula is C15H21NO. The summed E-state index contributed by atoms with van der Waals surface area (Å²) in [5, 5.41) is 3.00. The van der Waals surface area contributed by atoms with Crippen LogP contribution in [0.4, 0.5) is 0 Å². The van der Waals surface area contributed by atoms with Crippen molar-refractivity contribution in [2.45, 2.75) is 39.0 Å². The molecule has 0 aliphatic heterocycles. The Morgan fingerprint density at radius 3 is 2.47 bits per heavy atom. The Hall–Kier alpha value is -1.31. The maximum absolute atomic E-state index is 11.6. The molecule has 1 aliphatic rings. The molecule has 1 fully saturated rings. The Labute approximate surface area is 103 Å². The van der Waals surface area contributed by atoms with Crippen LogP contribution in [0, 0.1) is 5.92 Å². The number of nitrogens with one attached hydrogen (secondary N) is 1. The number of hydrogen-bond acceptors (Lipinski definition) is 1. The second-order valence-electron chi connectivity index (χ2n) is 4.92. The van der Waals surface area contributed by atoms with Gasteiger partial charge in [0.1, 0.15) is 0 Å². The smallest absolute Gasteiger partial charge is 0.220 e. The van der Waals surface area contributed by atoms with Crippen molar-refractivity contribution in [3.8, 4) is 0 Å². The second kappa shape index (κ2) is 5.85. The summed E-state index contributed by atoms with van der Waals surface area (Å²) < 4.78 is 0. The Balaban J connectivity index is 1.70. The van der Waals surface area contributed by atoms with Crippen LogP contribution < -0.4 is 5.32 Å². The summed E-state index contributed by atoms with van der Waals surface area (Å²) in [6.07, 6.45) is 5.11. The minimum Gasteiger partial charge on any atom is -0.356 e. The predicted molar refractivity (Wildman–Crippen MR) is 69.9 cm³/mol. The van der Waals surface area contributed by atoms with Crippen LogP contribution in [0.3, 0.4) is 0 Å². The van der Waals surface area contributed by atoms with Crippen molar-refractivity contribution < 1.29 is 4.79 Å². The molecule has 1 saturated carbocycles. The number of hydrogen-bond donors (Lipinski definition) is 1. The van der Waals surface area contributed by atoms with Crippen molar-refractivity contribution in [2.24, 2.45) is 5.92 Å². The van der Waals surface area contributed by atoms with E-state index in [-0.39, 0.29) is 5.91 Å². The third-order valence-corrected chi connectivity index (χ3v) is 3.36. The molecule has 2 rings (SSSR count). The molecule has 0 radical (unpaired) electrons. The topological polar surface area (TPSA) is 29.1 Å². The minimum absolute atomic E-state index is 0.191. The molecule has 0 atom stereocenters. The van der Waals surface area contributed by atoms with Gasteiger partial charge in [0.2, 0.25) is 5.91 Å². The average molecular weight is 231 g/mol. The highest BCUT2D eigenvalue weighted by atomic mass is 16.1. The molecule has 0 spiro atoms. The number of carbonyl (C=O) groups is 1. The van der Waals surface area contributed by atoms with E-state index < -0.39 is 0 Å². The fourth-order valence-electron chi connectivity index (χ4n) is 1.87. The molecule has 0 aromatic heterocycles. The van der Waals surface area contributed by atoms with Crippen LogP contribution >= 0.6 is 0 Å². The van der Waals surface area contributed by atoms with Crippen molar-refractivity contribution in [3.05, 3.63) is 35.4 Å². The lowest BCUT2D eigenvalue weighted by atomic mass is 10.1. The molecule has 2 heteroatoms. The molecule has 1 aliphatic carbocycles. The number of benzene rings is 1. The molecule has 92 valence electrons. The normalized spacial score (nSPS) is 14.6. The summed E-state index contributed by atoms with van der Waals surface area (Å²) in [7, 11) is 0. The van der Waals surface area contributed by atoms with Gasteiger partial charge in [-0.1, -0.05) is 31.2 Å². The fraction of sp³-hybridized carbons (Fsp3) is 0.533. The standard InChI is InChI=1S/C15H21NO/c1-2-12-3-5-13(6-4-12)9-10-15(17)16-11-14-7-8-14/h3-6,14H,2,7-11H2,1H3,(H,16,17). The van der Waals surface area contributed by atoms with Gasteiger partial charge in [0.25, 0.3) is 0 Å². The van der Waals surface area contributed by atoms with Crippen LogP contribution in [0.2, 0.25) is 0 Å². The number of carbonyl (C=O) groups excluding carboxylic acids is 1. The highest BCUT2D eigenvalue weighted by Gasteiger charge is 2.21. The molecule has 1 N–H and O–H groups in total. The fourth-order valence-corrected chi connectivity index (χ4v) is 1.87. The molecule has 1 aromatic rings. The van der Waals surface area contributed by atoms with E-state index >= 15 is 0 Å². The third-order valence-electron chi connectivity index (χ3n) is 3.36. The summed E-state index contributed by atoms with van der Waals surface area (Å²) in [5.41, 5.74) is 2.61. The van der Waals surface area contributed by atoms with E-state index in [1.165, 1.54) is 24.0 Å². The van der Waals surface area contributed by atoms with Crippen LogP contribution in [-0.4, -0.2) is 12.5 Å². The highest BCUT2D eigenvalue weighted by molar-refractivity contribution is 5.76. The van der Waals surface area contributed by atoms with E-state index in [2.05, 4.69) is 36.5 Å². The van der Waals surface area contributed by atoms with Crippen LogP contribution in [0.15, 0.2) is 24.3 Å². The zero-order valence-electron chi connectivity index (χ0n) is 10.5. The molecule has 0 unspecified atom stereocenters. The molecule has 0 saturated heterocycles. The van der Waals surface area contributed by atoms with Gasteiger partial charge in [-0.3, -0.25) is 4.79 Å². The first kappa shape index (κ1) is 12.2. The maximum Gasteiger partial charge on any atom is 0.220 e. The van der Waals surface area contributed by atoms with Gasteiger partial charge in [0.15, 0.2) is 0 Å². The lowest BCUT2D eigenvalue weighted by Gasteiger charge is -2.05. The maximum atomic E-state index is 11.6. The SMILES string of the molecule is CCc1ccc(CCC(=O)NCC2CC2)cc1. The van der Waals surface area contributed by atoms with Gasteiger partial charge in [-0.05, 0) is 42.7 Å². The van der Waals surface area contributed by atoms with Gasteiger partial charge in [0, 0.05) is 13.0 Å². The van der Waals surface area contributed by atoms with Gasteiger partial charge in [-0.2, -0.15) is 0 Å². The minimum atomic E-state index is 0.191. The van der Waals surface area contributed by atoms with E-state index in [1.54, 1.807) is 0 Å². The molecule has 17 heavy (non-hydrogen) atoms. The largest absolute Gasteiger partial charge is 0.356 e. The van der Waals surface area contributed by atoms with Gasteiger partial charge in [0.05, 0.1) is 0 Å². The first-order valence-electron chi connectivity index (χ1n) is 6.62. The van der Waals surface area contributed by atoms with Crippen molar-refractivity contribution in [1.29, 1.82) is 0 Å². The predicted octanol–water partition coefficient (Wildman–Crippen LogP) is 2.71. The summed E-state index contributed by atoms with van der Waals surface area (Å²) in [5.74, 6) is 0.958. The number of aryl methyl sites for hydroxylation is 2. The van der Waals surface area contributed by atoms with Gasteiger partial charge < -0.3 is 5.32 Å². The van der Waals surface area contributed by atoms with Crippen LogP contribution in [0.5, 0.6) is 0 Å². The first-order chi connectivity index (χ1) is 8.28. The second-order valence-corrected chi connectivity index (χ2v) is 4.92. The van der Waals surface area contributed by atoms with Crippen molar-refractivity contribution in [3.63, 3.8) is 0 Å². The van der Waals surface area contributed by atoms with E-state index in [4.69, 9.17) is 0 Å².